The quantitative estimate of drug-likeness (QED) is 0.653. The summed E-state index contributed by atoms with van der Waals surface area (Å²) in [5.74, 6) is -0.287. The summed E-state index contributed by atoms with van der Waals surface area (Å²) in [5, 5.41) is 2.88. The molecule has 29 heavy (non-hydrogen) atoms. The van der Waals surface area contributed by atoms with Crippen LogP contribution in [-0.4, -0.2) is 44.4 Å². The fraction of sp³-hybridized carbons (Fsp3) is 0.409. The van der Waals surface area contributed by atoms with E-state index in [1.807, 2.05) is 13.0 Å². The van der Waals surface area contributed by atoms with Gasteiger partial charge in [-0.05, 0) is 70.5 Å². The molecule has 0 aromatic heterocycles. The zero-order valence-corrected chi connectivity index (χ0v) is 18.6. The normalized spacial score (nSPS) is 11.9. The smallest absolute Gasteiger partial charge is 0.261 e. The third-order valence-electron chi connectivity index (χ3n) is 4.66. The second kappa shape index (κ2) is 9.89. The zero-order chi connectivity index (χ0) is 21.6. The monoisotopic (exact) mass is 417 g/mol. The van der Waals surface area contributed by atoms with E-state index in [2.05, 4.69) is 42.6 Å². The Labute approximate surface area is 174 Å². The van der Waals surface area contributed by atoms with Crippen LogP contribution in [0.25, 0.3) is 0 Å². The van der Waals surface area contributed by atoms with Gasteiger partial charge in [-0.15, -0.1) is 0 Å². The minimum absolute atomic E-state index is 0.0534. The van der Waals surface area contributed by atoms with Gasteiger partial charge in [-0.25, -0.2) is 8.42 Å². The van der Waals surface area contributed by atoms with E-state index in [0.29, 0.717) is 29.9 Å². The zero-order valence-electron chi connectivity index (χ0n) is 17.8. The molecule has 1 amide bonds. The molecular weight excluding hydrogens is 386 g/mol. The minimum Gasteiger partial charge on any atom is -0.351 e. The van der Waals surface area contributed by atoms with Gasteiger partial charge in [-0.2, -0.15) is 0 Å². The Balaban J connectivity index is 2.07. The average molecular weight is 418 g/mol. The van der Waals surface area contributed by atoms with Crippen LogP contribution in [-0.2, 0) is 10.0 Å². The SMILES string of the molecule is Cc1cccc(NS(=O)(=O)c2cccc(C(=O)NCCN(C(C)C)C(C)C)c2)c1. The van der Waals surface area contributed by atoms with E-state index in [-0.39, 0.29) is 10.8 Å². The lowest BCUT2D eigenvalue weighted by Crippen LogP contribution is -2.42. The van der Waals surface area contributed by atoms with Gasteiger partial charge in [0.2, 0.25) is 0 Å². The fourth-order valence-corrected chi connectivity index (χ4v) is 4.34. The third-order valence-corrected chi connectivity index (χ3v) is 6.04. The third kappa shape index (κ3) is 6.58. The largest absolute Gasteiger partial charge is 0.351 e. The van der Waals surface area contributed by atoms with Crippen LogP contribution < -0.4 is 10.0 Å². The van der Waals surface area contributed by atoms with Gasteiger partial charge < -0.3 is 5.32 Å². The molecule has 0 radical (unpaired) electrons. The lowest BCUT2D eigenvalue weighted by atomic mass is 10.2. The van der Waals surface area contributed by atoms with Gasteiger partial charge in [0.1, 0.15) is 0 Å². The van der Waals surface area contributed by atoms with Crippen LogP contribution in [0, 0.1) is 6.92 Å². The lowest BCUT2D eigenvalue weighted by molar-refractivity contribution is 0.0939. The van der Waals surface area contributed by atoms with Crippen molar-refractivity contribution in [2.75, 3.05) is 17.8 Å². The van der Waals surface area contributed by atoms with Gasteiger partial charge in [0.05, 0.1) is 4.90 Å². The van der Waals surface area contributed by atoms with Crippen molar-refractivity contribution < 1.29 is 13.2 Å². The van der Waals surface area contributed by atoms with Crippen LogP contribution in [0.3, 0.4) is 0 Å². The summed E-state index contributed by atoms with van der Waals surface area (Å²) in [6, 6.07) is 14.0. The number of sulfonamides is 1. The second-order valence-electron chi connectivity index (χ2n) is 7.68. The highest BCUT2D eigenvalue weighted by Gasteiger charge is 2.17. The summed E-state index contributed by atoms with van der Waals surface area (Å²) in [6.07, 6.45) is 0. The molecule has 0 saturated heterocycles. The molecule has 2 rings (SSSR count). The average Bonchev–Trinajstić information content (AvgIpc) is 2.64. The highest BCUT2D eigenvalue weighted by Crippen LogP contribution is 2.18. The van der Waals surface area contributed by atoms with Crippen LogP contribution in [0.1, 0.15) is 43.6 Å². The summed E-state index contributed by atoms with van der Waals surface area (Å²) < 4.78 is 27.9. The van der Waals surface area contributed by atoms with Crippen LogP contribution >= 0.6 is 0 Å². The molecular formula is C22H31N3O3S. The summed E-state index contributed by atoms with van der Waals surface area (Å²) in [5.41, 5.74) is 1.76. The molecule has 0 fully saturated rings. The van der Waals surface area contributed by atoms with Crippen molar-refractivity contribution in [3.05, 3.63) is 59.7 Å². The molecule has 2 N–H and O–H groups in total. The molecule has 0 heterocycles. The Hall–Kier alpha value is -2.38. The maximum absolute atomic E-state index is 12.7. The van der Waals surface area contributed by atoms with Crippen LogP contribution in [0.15, 0.2) is 53.4 Å². The molecule has 0 aliphatic rings. The number of hydrogen-bond acceptors (Lipinski definition) is 4. The summed E-state index contributed by atoms with van der Waals surface area (Å²) in [6.45, 7) is 11.6. The molecule has 6 nitrogen and oxygen atoms in total. The molecule has 0 atom stereocenters. The maximum atomic E-state index is 12.7. The van der Waals surface area contributed by atoms with Crippen LogP contribution in [0.5, 0.6) is 0 Å². The topological polar surface area (TPSA) is 78.5 Å². The number of nitrogens with zero attached hydrogens (tertiary/aromatic N) is 1. The standard InChI is InChI=1S/C22H31N3O3S/c1-16(2)25(17(3)4)13-12-23-22(26)19-9-7-11-21(15-19)29(27,28)24-20-10-6-8-18(5)14-20/h6-11,14-17,24H,12-13H2,1-5H3,(H,23,26). The number of aryl methyl sites for hydroxylation is 1. The summed E-state index contributed by atoms with van der Waals surface area (Å²) in [4.78, 5) is 14.8. The Kier molecular flexibility index (Phi) is 7.81. The number of hydrogen-bond donors (Lipinski definition) is 2. The molecule has 7 heteroatoms. The van der Waals surface area contributed by atoms with E-state index >= 15 is 0 Å². The van der Waals surface area contributed by atoms with E-state index < -0.39 is 10.0 Å². The predicted octanol–water partition coefficient (Wildman–Crippen LogP) is 3.64. The molecule has 0 aliphatic carbocycles. The number of nitrogens with one attached hydrogen (secondary N) is 2. The Morgan fingerprint density at radius 1 is 1.00 bits per heavy atom. The minimum atomic E-state index is -3.78. The Morgan fingerprint density at radius 2 is 1.66 bits per heavy atom. The molecule has 2 aromatic rings. The van der Waals surface area contributed by atoms with E-state index in [1.165, 1.54) is 12.1 Å². The van der Waals surface area contributed by atoms with Gasteiger partial charge in [-0.3, -0.25) is 14.4 Å². The number of carbonyl (C=O) groups is 1. The number of benzene rings is 2. The summed E-state index contributed by atoms with van der Waals surface area (Å²) in [7, 11) is -3.78. The first-order valence-electron chi connectivity index (χ1n) is 9.83. The number of rotatable bonds is 9. The van der Waals surface area contributed by atoms with Gasteiger partial charge >= 0.3 is 0 Å². The van der Waals surface area contributed by atoms with Crippen molar-refractivity contribution in [3.63, 3.8) is 0 Å². The van der Waals surface area contributed by atoms with Gasteiger partial charge in [0, 0.05) is 36.4 Å². The van der Waals surface area contributed by atoms with E-state index in [9.17, 15) is 13.2 Å². The molecule has 0 bridgehead atoms. The van der Waals surface area contributed by atoms with E-state index in [0.717, 1.165) is 12.1 Å². The van der Waals surface area contributed by atoms with E-state index in [1.54, 1.807) is 30.3 Å². The van der Waals surface area contributed by atoms with Crippen molar-refractivity contribution in [1.29, 1.82) is 0 Å². The molecule has 0 unspecified atom stereocenters. The first-order valence-corrected chi connectivity index (χ1v) is 11.3. The highest BCUT2D eigenvalue weighted by atomic mass is 32.2. The van der Waals surface area contributed by atoms with Crippen molar-refractivity contribution in [2.24, 2.45) is 0 Å². The number of amides is 1. The van der Waals surface area contributed by atoms with Crippen molar-refractivity contribution in [1.82, 2.24) is 10.2 Å². The molecule has 2 aromatic carbocycles. The first kappa shape index (κ1) is 22.9. The highest BCUT2D eigenvalue weighted by molar-refractivity contribution is 7.92. The second-order valence-corrected chi connectivity index (χ2v) is 9.37. The predicted molar refractivity (Wildman–Crippen MR) is 118 cm³/mol. The molecule has 0 aliphatic heterocycles. The maximum Gasteiger partial charge on any atom is 0.261 e. The van der Waals surface area contributed by atoms with E-state index in [4.69, 9.17) is 0 Å². The van der Waals surface area contributed by atoms with Gasteiger partial charge in [0.25, 0.3) is 15.9 Å². The van der Waals surface area contributed by atoms with Gasteiger partial charge in [0.15, 0.2) is 0 Å². The Morgan fingerprint density at radius 3 is 2.28 bits per heavy atom. The van der Waals surface area contributed by atoms with Crippen molar-refractivity contribution >= 4 is 21.6 Å². The molecule has 158 valence electrons. The first-order chi connectivity index (χ1) is 13.6. The number of carbonyl (C=O) groups excluding carboxylic acids is 1. The molecule has 0 saturated carbocycles. The lowest BCUT2D eigenvalue weighted by Gasteiger charge is -2.30. The van der Waals surface area contributed by atoms with Gasteiger partial charge in [-0.1, -0.05) is 18.2 Å². The molecule has 0 spiro atoms. The van der Waals surface area contributed by atoms with Crippen LogP contribution in [0.2, 0.25) is 0 Å². The fourth-order valence-electron chi connectivity index (χ4n) is 3.24. The van der Waals surface area contributed by atoms with Crippen LogP contribution in [0.4, 0.5) is 5.69 Å². The summed E-state index contributed by atoms with van der Waals surface area (Å²) >= 11 is 0. The van der Waals surface area contributed by atoms with Crippen molar-refractivity contribution in [3.8, 4) is 0 Å². The number of anilines is 1. The van der Waals surface area contributed by atoms with Crippen molar-refractivity contribution in [2.45, 2.75) is 51.6 Å². The Bertz CT molecular complexity index is 932.